The molecule has 0 aliphatic rings. The number of aromatic carboxylic acids is 1. The first-order valence-electron chi connectivity index (χ1n) is 4.17. The van der Waals surface area contributed by atoms with Crippen LogP contribution < -0.4 is 4.74 Å². The van der Waals surface area contributed by atoms with Crippen molar-refractivity contribution in [3.05, 3.63) is 29.8 Å². The van der Waals surface area contributed by atoms with Crippen LogP contribution >= 0.6 is 0 Å². The molecule has 0 fully saturated rings. The van der Waals surface area contributed by atoms with Crippen molar-refractivity contribution >= 4 is 11.9 Å². The number of carboxylic acids is 1. The normalized spacial score (nSPS) is 9.50. The van der Waals surface area contributed by atoms with Crippen LogP contribution in [0.2, 0.25) is 0 Å². The van der Waals surface area contributed by atoms with Gasteiger partial charge in [-0.3, -0.25) is 4.79 Å². The molecule has 0 saturated heterocycles. The van der Waals surface area contributed by atoms with Crippen LogP contribution in [0.25, 0.3) is 0 Å². The van der Waals surface area contributed by atoms with Gasteiger partial charge in [0.05, 0.1) is 5.56 Å². The highest BCUT2D eigenvalue weighted by atomic mass is 16.5. The largest absolute Gasteiger partial charge is 0.478 e. The van der Waals surface area contributed by atoms with Gasteiger partial charge >= 0.3 is 11.9 Å². The smallest absolute Gasteiger partial charge is 0.335 e. The fourth-order valence-electron chi connectivity index (χ4n) is 0.896. The van der Waals surface area contributed by atoms with E-state index in [2.05, 4.69) is 0 Å². The molecule has 0 spiro atoms. The lowest BCUT2D eigenvalue weighted by Gasteiger charge is -2.02. The number of carboxylic acid groups (broad SMARTS) is 1. The van der Waals surface area contributed by atoms with Gasteiger partial charge in [-0.1, -0.05) is 13.0 Å². The molecule has 1 N–H and O–H groups in total. The highest BCUT2D eigenvalue weighted by Gasteiger charge is 2.05. The number of ether oxygens (including phenoxy) is 1. The zero-order valence-corrected chi connectivity index (χ0v) is 7.69. The summed E-state index contributed by atoms with van der Waals surface area (Å²) >= 11 is 0. The van der Waals surface area contributed by atoms with Crippen molar-refractivity contribution in [2.24, 2.45) is 0 Å². The van der Waals surface area contributed by atoms with E-state index in [9.17, 15) is 9.59 Å². The third kappa shape index (κ3) is 2.58. The SMILES string of the molecule is CCC(=O)Oc1cccc(C(=O)O)c1. The Labute approximate surface area is 81.1 Å². The molecule has 1 aromatic carbocycles. The van der Waals surface area contributed by atoms with Crippen molar-refractivity contribution < 1.29 is 19.4 Å². The van der Waals surface area contributed by atoms with Gasteiger partial charge in [0.15, 0.2) is 0 Å². The van der Waals surface area contributed by atoms with Crippen LogP contribution in [-0.2, 0) is 4.79 Å². The third-order valence-corrected chi connectivity index (χ3v) is 1.60. The van der Waals surface area contributed by atoms with E-state index in [-0.39, 0.29) is 23.7 Å². The van der Waals surface area contributed by atoms with Crippen LogP contribution in [0.15, 0.2) is 24.3 Å². The number of hydrogen-bond donors (Lipinski definition) is 1. The molecule has 0 amide bonds. The maximum atomic E-state index is 10.9. The summed E-state index contributed by atoms with van der Waals surface area (Å²) in [7, 11) is 0. The lowest BCUT2D eigenvalue weighted by Crippen LogP contribution is -2.06. The molecule has 1 rings (SSSR count). The second-order valence-corrected chi connectivity index (χ2v) is 2.66. The third-order valence-electron chi connectivity index (χ3n) is 1.60. The molecule has 4 nitrogen and oxygen atoms in total. The van der Waals surface area contributed by atoms with Crippen LogP contribution in [0.1, 0.15) is 23.7 Å². The van der Waals surface area contributed by atoms with Crippen molar-refractivity contribution in [2.45, 2.75) is 13.3 Å². The van der Waals surface area contributed by atoms with Crippen molar-refractivity contribution in [1.82, 2.24) is 0 Å². The first-order chi connectivity index (χ1) is 6.63. The molecule has 0 heterocycles. The van der Waals surface area contributed by atoms with Gasteiger partial charge in [-0.2, -0.15) is 0 Å². The minimum atomic E-state index is -1.04. The lowest BCUT2D eigenvalue weighted by atomic mass is 10.2. The molecule has 74 valence electrons. The molecule has 0 aliphatic heterocycles. The summed E-state index contributed by atoms with van der Waals surface area (Å²) in [4.78, 5) is 21.5. The van der Waals surface area contributed by atoms with Gasteiger partial charge in [-0.15, -0.1) is 0 Å². The second-order valence-electron chi connectivity index (χ2n) is 2.66. The molecule has 0 atom stereocenters. The Bertz CT molecular complexity index is 357. The molecule has 0 aromatic heterocycles. The number of hydrogen-bond acceptors (Lipinski definition) is 3. The molecule has 0 unspecified atom stereocenters. The average Bonchev–Trinajstić information content (AvgIpc) is 2.18. The van der Waals surface area contributed by atoms with Crippen LogP contribution in [0.4, 0.5) is 0 Å². The van der Waals surface area contributed by atoms with Crippen molar-refractivity contribution in [3.63, 3.8) is 0 Å². The molecule has 0 saturated carbocycles. The number of carbonyl (C=O) groups excluding carboxylic acids is 1. The summed E-state index contributed by atoms with van der Waals surface area (Å²) in [5.41, 5.74) is 0.103. The Morgan fingerprint density at radius 1 is 1.43 bits per heavy atom. The zero-order valence-electron chi connectivity index (χ0n) is 7.69. The fraction of sp³-hybridized carbons (Fsp3) is 0.200. The summed E-state index contributed by atoms with van der Waals surface area (Å²) in [6.07, 6.45) is 0.261. The molecule has 4 heteroatoms. The summed E-state index contributed by atoms with van der Waals surface area (Å²) < 4.78 is 4.85. The quantitative estimate of drug-likeness (QED) is 0.587. The Morgan fingerprint density at radius 3 is 2.71 bits per heavy atom. The lowest BCUT2D eigenvalue weighted by molar-refractivity contribution is -0.134. The first-order valence-corrected chi connectivity index (χ1v) is 4.17. The van der Waals surface area contributed by atoms with Gasteiger partial charge in [0.25, 0.3) is 0 Å². The van der Waals surface area contributed by atoms with Crippen LogP contribution in [0.5, 0.6) is 5.75 Å². The minimum Gasteiger partial charge on any atom is -0.478 e. The molecule has 0 radical (unpaired) electrons. The molecule has 0 aliphatic carbocycles. The van der Waals surface area contributed by atoms with E-state index in [0.717, 1.165) is 0 Å². The molecule has 0 bridgehead atoms. The van der Waals surface area contributed by atoms with Crippen molar-refractivity contribution in [3.8, 4) is 5.75 Å². The van der Waals surface area contributed by atoms with Gasteiger partial charge in [0.1, 0.15) is 5.75 Å². The van der Waals surface area contributed by atoms with Crippen molar-refractivity contribution in [2.75, 3.05) is 0 Å². The van der Waals surface area contributed by atoms with E-state index in [1.54, 1.807) is 13.0 Å². The van der Waals surface area contributed by atoms with E-state index in [0.29, 0.717) is 0 Å². The van der Waals surface area contributed by atoms with Gasteiger partial charge in [-0.05, 0) is 18.2 Å². The fourth-order valence-corrected chi connectivity index (χ4v) is 0.896. The minimum absolute atomic E-state index is 0.103. The summed E-state index contributed by atoms with van der Waals surface area (Å²) in [6.45, 7) is 1.67. The number of rotatable bonds is 3. The van der Waals surface area contributed by atoms with E-state index < -0.39 is 5.97 Å². The van der Waals surface area contributed by atoms with Gasteiger partial charge < -0.3 is 9.84 Å². The highest BCUT2D eigenvalue weighted by Crippen LogP contribution is 2.13. The maximum Gasteiger partial charge on any atom is 0.335 e. The summed E-state index contributed by atoms with van der Waals surface area (Å²) in [5.74, 6) is -1.16. The Hall–Kier alpha value is -1.84. The van der Waals surface area contributed by atoms with Crippen LogP contribution in [-0.4, -0.2) is 17.0 Å². The van der Waals surface area contributed by atoms with Gasteiger partial charge in [0.2, 0.25) is 0 Å². The zero-order chi connectivity index (χ0) is 10.6. The van der Waals surface area contributed by atoms with Crippen LogP contribution in [0, 0.1) is 0 Å². The van der Waals surface area contributed by atoms with Gasteiger partial charge in [0, 0.05) is 6.42 Å². The molecular weight excluding hydrogens is 184 g/mol. The van der Waals surface area contributed by atoms with Crippen LogP contribution in [0.3, 0.4) is 0 Å². The van der Waals surface area contributed by atoms with E-state index in [1.165, 1.54) is 18.2 Å². The Morgan fingerprint density at radius 2 is 2.14 bits per heavy atom. The summed E-state index contributed by atoms with van der Waals surface area (Å²) in [5, 5.41) is 8.66. The molecule has 14 heavy (non-hydrogen) atoms. The topological polar surface area (TPSA) is 63.6 Å². The monoisotopic (exact) mass is 194 g/mol. The van der Waals surface area contributed by atoms with Crippen molar-refractivity contribution in [1.29, 1.82) is 0 Å². The first kappa shape index (κ1) is 10.2. The summed E-state index contributed by atoms with van der Waals surface area (Å²) in [6, 6.07) is 5.82. The predicted octanol–water partition coefficient (Wildman–Crippen LogP) is 1.70. The number of benzene rings is 1. The predicted molar refractivity (Wildman–Crippen MR) is 49.3 cm³/mol. The maximum absolute atomic E-state index is 10.9. The Balaban J connectivity index is 2.83. The second kappa shape index (κ2) is 4.41. The van der Waals surface area contributed by atoms with Gasteiger partial charge in [-0.25, -0.2) is 4.79 Å². The molecular formula is C10H10O4. The number of esters is 1. The highest BCUT2D eigenvalue weighted by molar-refractivity contribution is 5.88. The average molecular weight is 194 g/mol. The number of carbonyl (C=O) groups is 2. The van der Waals surface area contributed by atoms with E-state index in [1.807, 2.05) is 0 Å². The van der Waals surface area contributed by atoms with E-state index in [4.69, 9.17) is 9.84 Å². The molecule has 1 aromatic rings. The standard InChI is InChI=1S/C10H10O4/c1-2-9(11)14-8-5-3-4-7(6-8)10(12)13/h3-6H,2H2,1H3,(H,12,13). The Kier molecular flexibility index (Phi) is 3.23. The van der Waals surface area contributed by atoms with E-state index >= 15 is 0 Å².